The van der Waals surface area contributed by atoms with Gasteiger partial charge in [-0.05, 0) is 18.2 Å². The minimum Gasteiger partial charge on any atom is -0.255 e. The van der Waals surface area contributed by atoms with Gasteiger partial charge in [-0.2, -0.15) is 5.10 Å². The van der Waals surface area contributed by atoms with Gasteiger partial charge in [0.15, 0.2) is 5.03 Å². The molecule has 0 aliphatic rings. The molecule has 22 heavy (non-hydrogen) atoms. The van der Waals surface area contributed by atoms with Crippen molar-refractivity contribution >= 4 is 44.1 Å². The highest BCUT2D eigenvalue weighted by Gasteiger charge is 2.21. The second-order valence-corrected chi connectivity index (χ2v) is 7.12. The summed E-state index contributed by atoms with van der Waals surface area (Å²) in [5.74, 6) is 0. The molecule has 0 unspecified atom stereocenters. The topological polar surface area (TPSA) is 78.0 Å². The number of hydrogen-bond acceptors (Lipinski definition) is 3. The van der Waals surface area contributed by atoms with Gasteiger partial charge in [0.05, 0.1) is 0 Å². The van der Waals surface area contributed by atoms with Crippen molar-refractivity contribution in [1.29, 1.82) is 0 Å². The molecule has 3 rings (SSSR count). The summed E-state index contributed by atoms with van der Waals surface area (Å²) in [5, 5.41) is 11.0. The SMILES string of the molecule is Cn1nc2c(-c3ccc(Cl)cc3Cl)cccc2c1S(N)(=O)=O. The Morgan fingerprint density at radius 3 is 2.50 bits per heavy atom. The lowest BCUT2D eigenvalue weighted by Crippen LogP contribution is -2.16. The maximum absolute atomic E-state index is 11.8. The van der Waals surface area contributed by atoms with Crippen molar-refractivity contribution in [2.75, 3.05) is 0 Å². The molecule has 0 fully saturated rings. The summed E-state index contributed by atoms with van der Waals surface area (Å²) < 4.78 is 24.8. The van der Waals surface area contributed by atoms with E-state index in [0.717, 1.165) is 5.56 Å². The van der Waals surface area contributed by atoms with E-state index in [0.29, 0.717) is 26.5 Å². The number of rotatable bonds is 2. The lowest BCUT2D eigenvalue weighted by Gasteiger charge is -2.06. The first-order valence-electron chi connectivity index (χ1n) is 6.23. The number of aromatic nitrogens is 2. The fraction of sp³-hybridized carbons (Fsp3) is 0.0714. The monoisotopic (exact) mass is 355 g/mol. The van der Waals surface area contributed by atoms with Crippen LogP contribution in [0.5, 0.6) is 0 Å². The molecular weight excluding hydrogens is 345 g/mol. The Bertz CT molecular complexity index is 997. The fourth-order valence-electron chi connectivity index (χ4n) is 2.46. The molecule has 0 bridgehead atoms. The molecule has 0 radical (unpaired) electrons. The molecule has 0 amide bonds. The zero-order chi connectivity index (χ0) is 16.1. The number of benzene rings is 2. The number of aryl methyl sites for hydroxylation is 1. The van der Waals surface area contributed by atoms with E-state index in [9.17, 15) is 8.42 Å². The molecule has 0 atom stereocenters. The summed E-state index contributed by atoms with van der Waals surface area (Å²) in [6.07, 6.45) is 0. The molecular formula is C14H11Cl2N3O2S. The number of nitrogens with zero attached hydrogens (tertiary/aromatic N) is 2. The van der Waals surface area contributed by atoms with Gasteiger partial charge < -0.3 is 0 Å². The van der Waals surface area contributed by atoms with Crippen LogP contribution in [0, 0.1) is 0 Å². The molecule has 2 aromatic carbocycles. The van der Waals surface area contributed by atoms with Gasteiger partial charge in [0.25, 0.3) is 10.0 Å². The highest BCUT2D eigenvalue weighted by molar-refractivity contribution is 7.89. The number of nitrogens with two attached hydrogens (primary N) is 1. The highest BCUT2D eigenvalue weighted by Crippen LogP contribution is 2.35. The molecule has 0 spiro atoms. The zero-order valence-corrected chi connectivity index (χ0v) is 13.7. The average molecular weight is 356 g/mol. The van der Waals surface area contributed by atoms with Crippen LogP contribution < -0.4 is 5.14 Å². The van der Waals surface area contributed by atoms with Crippen LogP contribution in [0.1, 0.15) is 0 Å². The van der Waals surface area contributed by atoms with Gasteiger partial charge in [-0.15, -0.1) is 0 Å². The molecule has 0 saturated carbocycles. The van der Waals surface area contributed by atoms with Gasteiger partial charge in [-0.1, -0.05) is 41.4 Å². The second kappa shape index (κ2) is 5.24. The molecule has 3 aromatic rings. The number of primary sulfonamides is 1. The third-order valence-electron chi connectivity index (χ3n) is 3.30. The Morgan fingerprint density at radius 1 is 1.14 bits per heavy atom. The van der Waals surface area contributed by atoms with Gasteiger partial charge in [-0.25, -0.2) is 13.6 Å². The Morgan fingerprint density at radius 2 is 1.86 bits per heavy atom. The van der Waals surface area contributed by atoms with E-state index in [1.54, 1.807) is 30.3 Å². The maximum atomic E-state index is 11.8. The van der Waals surface area contributed by atoms with Crippen molar-refractivity contribution in [3.8, 4) is 11.1 Å². The minimum atomic E-state index is -3.89. The molecule has 0 aliphatic carbocycles. The minimum absolute atomic E-state index is 0.0329. The van der Waals surface area contributed by atoms with Crippen LogP contribution >= 0.6 is 23.2 Å². The fourth-order valence-corrected chi connectivity index (χ4v) is 3.85. The van der Waals surface area contributed by atoms with Crippen LogP contribution in [0.2, 0.25) is 10.0 Å². The van der Waals surface area contributed by atoms with Crippen molar-refractivity contribution < 1.29 is 8.42 Å². The number of hydrogen-bond donors (Lipinski definition) is 1. The lowest BCUT2D eigenvalue weighted by atomic mass is 10.0. The number of sulfonamides is 1. The third kappa shape index (κ3) is 2.48. The quantitative estimate of drug-likeness (QED) is 0.766. The van der Waals surface area contributed by atoms with Gasteiger partial charge in [-0.3, -0.25) is 4.68 Å². The first-order valence-corrected chi connectivity index (χ1v) is 8.53. The average Bonchev–Trinajstić information content (AvgIpc) is 2.74. The Labute approximate surface area is 137 Å². The van der Waals surface area contributed by atoms with E-state index in [-0.39, 0.29) is 5.03 Å². The summed E-state index contributed by atoms with van der Waals surface area (Å²) in [4.78, 5) is 0. The van der Waals surface area contributed by atoms with Crippen LogP contribution in [-0.4, -0.2) is 18.2 Å². The van der Waals surface area contributed by atoms with Crippen LogP contribution in [0.4, 0.5) is 0 Å². The molecule has 1 aromatic heterocycles. The molecule has 5 nitrogen and oxygen atoms in total. The van der Waals surface area contributed by atoms with Gasteiger partial charge >= 0.3 is 0 Å². The van der Waals surface area contributed by atoms with Crippen molar-refractivity contribution in [3.63, 3.8) is 0 Å². The van der Waals surface area contributed by atoms with Crippen LogP contribution in [-0.2, 0) is 17.1 Å². The summed E-state index contributed by atoms with van der Waals surface area (Å²) in [6.45, 7) is 0. The second-order valence-electron chi connectivity index (χ2n) is 4.80. The summed E-state index contributed by atoms with van der Waals surface area (Å²) in [7, 11) is -2.35. The molecule has 0 saturated heterocycles. The molecule has 8 heteroatoms. The van der Waals surface area contributed by atoms with E-state index in [2.05, 4.69) is 5.10 Å². The van der Waals surface area contributed by atoms with Crippen molar-refractivity contribution in [2.45, 2.75) is 5.03 Å². The lowest BCUT2D eigenvalue weighted by molar-refractivity contribution is 0.581. The smallest absolute Gasteiger partial charge is 0.255 e. The zero-order valence-electron chi connectivity index (χ0n) is 11.4. The van der Waals surface area contributed by atoms with Crippen LogP contribution in [0.25, 0.3) is 22.0 Å². The predicted octanol–water partition coefficient (Wildman–Crippen LogP) is 3.19. The van der Waals surface area contributed by atoms with Crippen molar-refractivity contribution in [3.05, 3.63) is 46.4 Å². The third-order valence-corrected chi connectivity index (χ3v) is 4.87. The largest absolute Gasteiger partial charge is 0.255 e. The predicted molar refractivity (Wildman–Crippen MR) is 87.5 cm³/mol. The standard InChI is InChI=1S/C14H11Cl2N3O2S/c1-19-14(22(17,20)21)11-4-2-3-10(13(11)18-19)9-6-5-8(15)7-12(9)16/h2-7H,1H3,(H2,17,20,21). The van der Waals surface area contributed by atoms with Crippen molar-refractivity contribution in [1.82, 2.24) is 9.78 Å². The first kappa shape index (κ1) is 15.3. The summed E-state index contributed by atoms with van der Waals surface area (Å²) in [5.41, 5.74) is 1.94. The molecule has 114 valence electrons. The highest BCUT2D eigenvalue weighted by atomic mass is 35.5. The van der Waals surface area contributed by atoms with E-state index >= 15 is 0 Å². The van der Waals surface area contributed by atoms with E-state index in [4.69, 9.17) is 28.3 Å². The van der Waals surface area contributed by atoms with E-state index < -0.39 is 10.0 Å². The van der Waals surface area contributed by atoms with Crippen molar-refractivity contribution in [2.24, 2.45) is 12.2 Å². The Hall–Kier alpha value is -1.60. The number of halogens is 2. The Kier molecular flexibility index (Phi) is 3.65. The molecule has 2 N–H and O–H groups in total. The summed E-state index contributed by atoms with van der Waals surface area (Å²) in [6, 6.07) is 10.3. The number of fused-ring (bicyclic) bond motifs is 1. The molecule has 0 aliphatic heterocycles. The van der Waals surface area contributed by atoms with E-state index in [1.807, 2.05) is 6.07 Å². The van der Waals surface area contributed by atoms with Crippen LogP contribution in [0.15, 0.2) is 41.4 Å². The van der Waals surface area contributed by atoms with Crippen LogP contribution in [0.3, 0.4) is 0 Å². The Balaban J connectivity index is 2.38. The van der Waals surface area contributed by atoms with Gasteiger partial charge in [0.2, 0.25) is 0 Å². The van der Waals surface area contributed by atoms with Gasteiger partial charge in [0, 0.05) is 33.6 Å². The normalized spacial score (nSPS) is 12.0. The molecule has 1 heterocycles. The maximum Gasteiger partial charge on any atom is 0.255 e. The van der Waals surface area contributed by atoms with E-state index in [1.165, 1.54) is 11.7 Å². The van der Waals surface area contributed by atoms with Gasteiger partial charge in [0.1, 0.15) is 5.52 Å². The summed E-state index contributed by atoms with van der Waals surface area (Å²) >= 11 is 12.2. The first-order chi connectivity index (χ1) is 10.3.